The molecule has 0 spiro atoms. The molecule has 0 heterocycles. The summed E-state index contributed by atoms with van der Waals surface area (Å²) in [6.45, 7) is -0.681. The summed E-state index contributed by atoms with van der Waals surface area (Å²) in [7, 11) is -0.863. The Morgan fingerprint density at radius 1 is 0.882 bits per heavy atom. The molecular formula is C10H22O5S2. The van der Waals surface area contributed by atoms with Crippen molar-refractivity contribution < 1.29 is 25.5 Å². The first-order chi connectivity index (χ1) is 7.73. The third-order valence-electron chi connectivity index (χ3n) is 2.35. The molecule has 0 fully saturated rings. The van der Waals surface area contributed by atoms with Gasteiger partial charge in [-0.25, -0.2) is 0 Å². The Bertz CT molecular complexity index is 270. The van der Waals surface area contributed by atoms with E-state index in [1.54, 1.807) is 0 Å². The van der Waals surface area contributed by atoms with Crippen molar-refractivity contribution in [2.45, 2.75) is 29.0 Å². The second-order valence-corrected chi connectivity index (χ2v) is 8.05. The number of hydrogen-bond acceptors (Lipinski definition) is 5. The van der Waals surface area contributed by atoms with Gasteiger partial charge in [0.15, 0.2) is 0 Å². The minimum absolute atomic E-state index is 0.356. The van der Waals surface area contributed by atoms with E-state index < -0.39 is 52.0 Å². The van der Waals surface area contributed by atoms with E-state index in [0.29, 0.717) is 0 Å². The molecule has 0 bridgehead atoms. The second-order valence-electron chi connectivity index (χ2n) is 3.97. The molecule has 0 radical (unpaired) electrons. The van der Waals surface area contributed by atoms with Gasteiger partial charge in [0.2, 0.25) is 0 Å². The zero-order chi connectivity index (χ0) is 13.7. The van der Waals surface area contributed by atoms with Crippen LogP contribution >= 0.6 is 21.0 Å². The minimum atomic E-state index is -1.59. The largest absolute Gasteiger partial charge is 0.394 e. The highest BCUT2D eigenvalue weighted by Crippen LogP contribution is 2.33. The van der Waals surface area contributed by atoms with Crippen molar-refractivity contribution in [3.8, 4) is 0 Å². The standard InChI is InChI=1S/C10H22O5S2/c1-16(2)10(17(3)4)9(15)8(14)7(13)6(12)5-11/h6-15H,1,3,5H2,2,4H3. The number of aliphatic hydroxyl groups excluding tert-OH is 5. The third-order valence-corrected chi connectivity index (χ3v) is 6.47. The molecule has 0 amide bonds. The molecule has 0 aliphatic rings. The monoisotopic (exact) mass is 286 g/mol. The fourth-order valence-corrected chi connectivity index (χ4v) is 4.97. The summed E-state index contributed by atoms with van der Waals surface area (Å²) in [4.78, 5) is 0. The van der Waals surface area contributed by atoms with Gasteiger partial charge in [0, 0.05) is 0 Å². The molecule has 0 aliphatic carbocycles. The van der Waals surface area contributed by atoms with Gasteiger partial charge in [-0.3, -0.25) is 0 Å². The van der Waals surface area contributed by atoms with Gasteiger partial charge in [0.1, 0.15) is 24.4 Å². The van der Waals surface area contributed by atoms with Gasteiger partial charge < -0.3 is 25.5 Å². The average molecular weight is 286 g/mol. The lowest BCUT2D eigenvalue weighted by molar-refractivity contribution is -0.111. The molecule has 0 rings (SSSR count). The number of rotatable bonds is 7. The smallest absolute Gasteiger partial charge is 0.111 e. The van der Waals surface area contributed by atoms with Crippen LogP contribution in [-0.2, 0) is 0 Å². The van der Waals surface area contributed by atoms with Crippen LogP contribution in [0, 0.1) is 0 Å². The maximum atomic E-state index is 9.96. The van der Waals surface area contributed by atoms with Gasteiger partial charge in [-0.15, -0.1) is 0 Å². The van der Waals surface area contributed by atoms with E-state index in [9.17, 15) is 20.4 Å². The van der Waals surface area contributed by atoms with E-state index >= 15 is 0 Å². The SMILES string of the molecule is C=S(C)C(C(O)C(O)C(O)C(O)CO)S(=C)C. The molecule has 0 aliphatic heterocycles. The van der Waals surface area contributed by atoms with Gasteiger partial charge in [-0.1, -0.05) is 11.7 Å². The lowest BCUT2D eigenvalue weighted by atomic mass is 10.0. The Morgan fingerprint density at radius 3 is 1.59 bits per heavy atom. The second kappa shape index (κ2) is 7.63. The molecule has 5 N–H and O–H groups in total. The van der Waals surface area contributed by atoms with E-state index in [2.05, 4.69) is 11.7 Å². The first-order valence-corrected chi connectivity index (χ1v) is 8.69. The van der Waals surface area contributed by atoms with E-state index in [1.807, 2.05) is 12.5 Å². The van der Waals surface area contributed by atoms with Crippen molar-refractivity contribution in [1.29, 1.82) is 0 Å². The first-order valence-electron chi connectivity index (χ1n) is 4.96. The van der Waals surface area contributed by atoms with Crippen LogP contribution in [0.3, 0.4) is 0 Å². The summed E-state index contributed by atoms with van der Waals surface area (Å²) in [5.41, 5.74) is 0. The van der Waals surface area contributed by atoms with E-state index in [1.165, 1.54) is 0 Å². The van der Waals surface area contributed by atoms with Crippen molar-refractivity contribution in [2.24, 2.45) is 0 Å². The molecule has 0 aromatic rings. The predicted molar refractivity (Wildman–Crippen MR) is 76.2 cm³/mol. The Labute approximate surface area is 107 Å². The lowest BCUT2D eigenvalue weighted by Crippen LogP contribution is -2.49. The molecule has 0 saturated carbocycles. The summed E-state index contributed by atoms with van der Waals surface area (Å²) >= 11 is 0. The molecular weight excluding hydrogens is 264 g/mol. The molecule has 0 aromatic heterocycles. The van der Waals surface area contributed by atoms with Crippen LogP contribution in [-0.4, -0.2) is 85.4 Å². The normalized spacial score (nSPS) is 24.4. The zero-order valence-electron chi connectivity index (χ0n) is 10.1. The summed E-state index contributed by atoms with van der Waals surface area (Å²) < 4.78 is -0.356. The molecule has 6 unspecified atom stereocenters. The Hall–Kier alpha value is 0.240. The summed E-state index contributed by atoms with van der Waals surface area (Å²) in [5.74, 6) is 7.64. The van der Waals surface area contributed by atoms with Gasteiger partial charge in [-0.05, 0) is 12.5 Å². The fraction of sp³-hybridized carbons (Fsp3) is 0.800. The Kier molecular flexibility index (Phi) is 7.73. The minimum Gasteiger partial charge on any atom is -0.394 e. The van der Waals surface area contributed by atoms with Gasteiger partial charge in [0.05, 0.1) is 11.2 Å². The Morgan fingerprint density at radius 2 is 1.29 bits per heavy atom. The van der Waals surface area contributed by atoms with Crippen LogP contribution in [0.1, 0.15) is 0 Å². The van der Waals surface area contributed by atoms with Crippen molar-refractivity contribution in [3.05, 3.63) is 0 Å². The highest BCUT2D eigenvalue weighted by molar-refractivity contribution is 8.30. The van der Waals surface area contributed by atoms with Crippen molar-refractivity contribution in [2.75, 3.05) is 19.1 Å². The van der Waals surface area contributed by atoms with Crippen LogP contribution in [0.25, 0.3) is 0 Å². The van der Waals surface area contributed by atoms with Gasteiger partial charge in [-0.2, -0.15) is 21.0 Å². The van der Waals surface area contributed by atoms with Gasteiger partial charge in [0.25, 0.3) is 0 Å². The van der Waals surface area contributed by atoms with Crippen LogP contribution in [0.2, 0.25) is 0 Å². The van der Waals surface area contributed by atoms with E-state index in [0.717, 1.165) is 0 Å². The van der Waals surface area contributed by atoms with Crippen LogP contribution in [0.5, 0.6) is 0 Å². The number of hydrogen-bond donors (Lipinski definition) is 5. The summed E-state index contributed by atoms with van der Waals surface area (Å²) in [6.07, 6.45) is -2.22. The van der Waals surface area contributed by atoms with Gasteiger partial charge >= 0.3 is 0 Å². The molecule has 0 aromatic carbocycles. The lowest BCUT2D eigenvalue weighted by Gasteiger charge is -2.32. The number of aliphatic hydroxyl groups is 5. The van der Waals surface area contributed by atoms with Crippen molar-refractivity contribution >= 4 is 32.7 Å². The highest BCUT2D eigenvalue weighted by Gasteiger charge is 2.35. The average Bonchev–Trinajstić information content (AvgIpc) is 2.24. The predicted octanol–water partition coefficient (Wildman–Crippen LogP) is -1.59. The fourth-order valence-electron chi connectivity index (χ4n) is 1.46. The third kappa shape index (κ3) is 4.78. The zero-order valence-corrected chi connectivity index (χ0v) is 11.7. The summed E-state index contributed by atoms with van der Waals surface area (Å²) in [5, 5.41) is 47.1. The van der Waals surface area contributed by atoms with E-state index in [4.69, 9.17) is 5.11 Å². The van der Waals surface area contributed by atoms with Crippen LogP contribution in [0.4, 0.5) is 0 Å². The highest BCUT2D eigenvalue weighted by atomic mass is 32.2. The molecule has 5 nitrogen and oxygen atoms in total. The van der Waals surface area contributed by atoms with Crippen LogP contribution in [0.15, 0.2) is 0 Å². The van der Waals surface area contributed by atoms with Crippen LogP contribution < -0.4 is 0 Å². The first kappa shape index (κ1) is 17.2. The maximum Gasteiger partial charge on any atom is 0.111 e. The topological polar surface area (TPSA) is 101 Å². The van der Waals surface area contributed by atoms with Crippen molar-refractivity contribution in [1.82, 2.24) is 0 Å². The summed E-state index contributed by atoms with van der Waals surface area (Å²) in [6, 6.07) is 0. The molecule has 0 saturated heterocycles. The molecule has 6 atom stereocenters. The Balaban J connectivity index is 4.82. The quantitative estimate of drug-likeness (QED) is 0.363. The maximum absolute atomic E-state index is 9.96. The molecule has 104 valence electrons. The van der Waals surface area contributed by atoms with E-state index in [-0.39, 0.29) is 4.58 Å². The molecule has 17 heavy (non-hydrogen) atoms. The van der Waals surface area contributed by atoms with Crippen molar-refractivity contribution in [3.63, 3.8) is 0 Å². The molecule has 7 heteroatoms.